The fraction of sp³-hybridized carbons (Fsp3) is 0. The van der Waals surface area contributed by atoms with E-state index in [0.29, 0.717) is 5.95 Å². The molecule has 0 aliphatic carbocycles. The van der Waals surface area contributed by atoms with Crippen molar-refractivity contribution in [1.29, 1.82) is 0 Å². The highest BCUT2D eigenvalue weighted by Gasteiger charge is 2.24. The summed E-state index contributed by atoms with van der Waals surface area (Å²) in [4.78, 5) is 10.9. The van der Waals surface area contributed by atoms with Gasteiger partial charge >= 0.3 is 0 Å². The number of fused-ring (bicyclic) bond motifs is 10. The van der Waals surface area contributed by atoms with Gasteiger partial charge in [0.05, 0.1) is 33.3 Å². The van der Waals surface area contributed by atoms with Crippen LogP contribution in [0.15, 0.2) is 218 Å². The van der Waals surface area contributed by atoms with E-state index in [4.69, 9.17) is 9.97 Å². The predicted octanol–water partition coefficient (Wildman–Crippen LogP) is 15.1. The van der Waals surface area contributed by atoms with Crippen LogP contribution in [0.25, 0.3) is 121 Å². The van der Waals surface area contributed by atoms with E-state index >= 15 is 0 Å². The van der Waals surface area contributed by atoms with E-state index in [1.807, 2.05) is 0 Å². The molecule has 4 heteroatoms. The van der Waals surface area contributed by atoms with Crippen molar-refractivity contribution >= 4 is 76.1 Å². The predicted molar refractivity (Wildman–Crippen MR) is 260 cm³/mol. The number of rotatable bonds is 5. The molecule has 62 heavy (non-hydrogen) atoms. The molecule has 13 rings (SSSR count). The Bertz CT molecular complexity index is 3900. The number of hydrogen-bond acceptors (Lipinski definition) is 2. The molecular formula is C58H36N4. The second-order valence-electron chi connectivity index (χ2n) is 16.1. The zero-order valence-corrected chi connectivity index (χ0v) is 33.6. The quantitative estimate of drug-likeness (QED) is 0.174. The Hall–Kier alpha value is -8.34. The second kappa shape index (κ2) is 13.6. The summed E-state index contributed by atoms with van der Waals surface area (Å²) in [5, 5.41) is 10.6. The molecule has 3 heterocycles. The van der Waals surface area contributed by atoms with Crippen molar-refractivity contribution < 1.29 is 0 Å². The summed E-state index contributed by atoms with van der Waals surface area (Å²) in [5.74, 6) is 0.642. The van der Waals surface area contributed by atoms with E-state index in [9.17, 15) is 0 Å². The Kier molecular flexibility index (Phi) is 7.57. The van der Waals surface area contributed by atoms with Crippen LogP contribution in [0.4, 0.5) is 0 Å². The van der Waals surface area contributed by atoms with Crippen molar-refractivity contribution in [2.45, 2.75) is 0 Å². The van der Waals surface area contributed by atoms with Crippen molar-refractivity contribution in [3.63, 3.8) is 0 Å². The van der Waals surface area contributed by atoms with Crippen LogP contribution >= 0.6 is 0 Å². The molecule has 4 nitrogen and oxygen atoms in total. The number of para-hydroxylation sites is 2. The van der Waals surface area contributed by atoms with Crippen molar-refractivity contribution in [3.8, 4) is 45.1 Å². The monoisotopic (exact) mass is 788 g/mol. The zero-order valence-electron chi connectivity index (χ0n) is 33.6. The Balaban J connectivity index is 1.16. The molecule has 288 valence electrons. The number of hydrogen-bond donors (Lipinski definition) is 0. The normalized spacial score (nSPS) is 11.9. The van der Waals surface area contributed by atoms with Gasteiger partial charge in [-0.3, -0.25) is 4.57 Å². The Morgan fingerprint density at radius 1 is 0.323 bits per heavy atom. The van der Waals surface area contributed by atoms with Crippen LogP contribution in [-0.4, -0.2) is 19.1 Å². The van der Waals surface area contributed by atoms with Gasteiger partial charge in [-0.05, 0) is 80.7 Å². The van der Waals surface area contributed by atoms with Gasteiger partial charge in [0, 0.05) is 43.7 Å². The Morgan fingerprint density at radius 2 is 0.935 bits per heavy atom. The second-order valence-corrected chi connectivity index (χ2v) is 16.1. The van der Waals surface area contributed by atoms with E-state index in [1.165, 1.54) is 59.7 Å². The van der Waals surface area contributed by atoms with Gasteiger partial charge in [0.2, 0.25) is 5.95 Å². The van der Waals surface area contributed by atoms with Gasteiger partial charge in [-0.1, -0.05) is 176 Å². The SMILES string of the molecule is c1ccc(-c2ccc(-n3c4ccccc4c4ccc(-c5c6ccccc6cc6c7c8ccccc8ccc7n(-c7nc(-c8ccccc8)c8ccccc8n7)c56)cc43)cc2)cc1. The first kappa shape index (κ1) is 34.5. The fourth-order valence-electron chi connectivity index (χ4n) is 9.93. The zero-order chi connectivity index (χ0) is 40.7. The summed E-state index contributed by atoms with van der Waals surface area (Å²) in [7, 11) is 0. The summed E-state index contributed by atoms with van der Waals surface area (Å²) in [6.07, 6.45) is 0. The number of aromatic nitrogens is 4. The number of benzene rings is 10. The summed E-state index contributed by atoms with van der Waals surface area (Å²) in [5.41, 5.74) is 13.1. The highest BCUT2D eigenvalue weighted by atomic mass is 15.2. The molecule has 0 unspecified atom stereocenters. The molecule has 0 aliphatic rings. The molecule has 0 bridgehead atoms. The van der Waals surface area contributed by atoms with E-state index in [-0.39, 0.29) is 0 Å². The first-order chi connectivity index (χ1) is 30.8. The van der Waals surface area contributed by atoms with Crippen LogP contribution in [0.1, 0.15) is 0 Å². The highest BCUT2D eigenvalue weighted by Crippen LogP contribution is 2.46. The van der Waals surface area contributed by atoms with Gasteiger partial charge in [-0.15, -0.1) is 0 Å². The molecule has 0 saturated carbocycles. The minimum absolute atomic E-state index is 0.642. The molecule has 3 aromatic heterocycles. The summed E-state index contributed by atoms with van der Waals surface area (Å²) >= 11 is 0. The fourth-order valence-corrected chi connectivity index (χ4v) is 9.93. The molecule has 0 spiro atoms. The molecule has 10 aromatic carbocycles. The molecule has 0 radical (unpaired) electrons. The Labute approximate surface area is 357 Å². The molecule has 0 amide bonds. The van der Waals surface area contributed by atoms with Crippen molar-refractivity contribution in [2.24, 2.45) is 0 Å². The van der Waals surface area contributed by atoms with Gasteiger partial charge in [0.25, 0.3) is 0 Å². The van der Waals surface area contributed by atoms with Gasteiger partial charge in [0.15, 0.2) is 0 Å². The average Bonchev–Trinajstić information content (AvgIpc) is 3.86. The van der Waals surface area contributed by atoms with Gasteiger partial charge < -0.3 is 4.57 Å². The molecule has 0 atom stereocenters. The molecule has 0 fully saturated rings. The maximum Gasteiger partial charge on any atom is 0.235 e. The summed E-state index contributed by atoms with van der Waals surface area (Å²) in [6.45, 7) is 0. The lowest BCUT2D eigenvalue weighted by molar-refractivity contribution is 1.01. The van der Waals surface area contributed by atoms with Crippen LogP contribution in [-0.2, 0) is 0 Å². The van der Waals surface area contributed by atoms with Crippen LogP contribution in [0.5, 0.6) is 0 Å². The lowest BCUT2D eigenvalue weighted by atomic mass is 9.93. The van der Waals surface area contributed by atoms with Crippen LogP contribution in [0.3, 0.4) is 0 Å². The maximum atomic E-state index is 5.52. The maximum absolute atomic E-state index is 5.52. The third-order valence-electron chi connectivity index (χ3n) is 12.7. The van der Waals surface area contributed by atoms with E-state index in [2.05, 4.69) is 228 Å². The average molecular weight is 789 g/mol. The van der Waals surface area contributed by atoms with Gasteiger partial charge in [0.1, 0.15) is 0 Å². The minimum atomic E-state index is 0.642. The smallest absolute Gasteiger partial charge is 0.235 e. The lowest BCUT2D eigenvalue weighted by Crippen LogP contribution is -2.04. The van der Waals surface area contributed by atoms with E-state index in [1.54, 1.807) is 0 Å². The number of nitrogens with zero attached hydrogens (tertiary/aromatic N) is 4. The van der Waals surface area contributed by atoms with Crippen molar-refractivity contribution in [2.75, 3.05) is 0 Å². The third kappa shape index (κ3) is 5.20. The van der Waals surface area contributed by atoms with Gasteiger partial charge in [-0.2, -0.15) is 0 Å². The van der Waals surface area contributed by atoms with Crippen LogP contribution < -0.4 is 0 Å². The third-order valence-corrected chi connectivity index (χ3v) is 12.7. The van der Waals surface area contributed by atoms with Crippen LogP contribution in [0.2, 0.25) is 0 Å². The van der Waals surface area contributed by atoms with Crippen molar-refractivity contribution in [1.82, 2.24) is 19.1 Å². The molecule has 0 N–H and O–H groups in total. The topological polar surface area (TPSA) is 35.6 Å². The highest BCUT2D eigenvalue weighted by molar-refractivity contribution is 6.27. The molecule has 0 saturated heterocycles. The summed E-state index contributed by atoms with van der Waals surface area (Å²) in [6, 6.07) is 78.6. The van der Waals surface area contributed by atoms with E-state index in [0.717, 1.165) is 55.5 Å². The van der Waals surface area contributed by atoms with Gasteiger partial charge in [-0.25, -0.2) is 9.97 Å². The molecule has 13 aromatic rings. The molecule has 0 aliphatic heterocycles. The first-order valence-corrected chi connectivity index (χ1v) is 21.2. The molecular weight excluding hydrogens is 753 g/mol. The lowest BCUT2D eigenvalue weighted by Gasteiger charge is -2.16. The Morgan fingerprint density at radius 3 is 1.74 bits per heavy atom. The van der Waals surface area contributed by atoms with E-state index < -0.39 is 0 Å². The van der Waals surface area contributed by atoms with Crippen LogP contribution in [0, 0.1) is 0 Å². The minimum Gasteiger partial charge on any atom is -0.309 e. The largest absolute Gasteiger partial charge is 0.309 e. The van der Waals surface area contributed by atoms with Crippen molar-refractivity contribution in [3.05, 3.63) is 218 Å². The first-order valence-electron chi connectivity index (χ1n) is 21.2. The standard InChI is InChI=1S/C58H36N4/c1-3-15-37(16-4-1)38-27-31-43(32-28-38)61-51-26-14-12-23-46(51)47-33-29-42(36-53(47)61)54-45-22-10-8-20-41(45)35-49-55-44-21-9-7-17-39(44)30-34-52(55)62(57(49)54)58-59-50-25-13-11-24-48(50)56(60-58)40-18-5-2-6-19-40/h1-36H. The summed E-state index contributed by atoms with van der Waals surface area (Å²) < 4.78 is 4.76.